The zero-order valence-corrected chi connectivity index (χ0v) is 22.5. The van der Waals surface area contributed by atoms with Gasteiger partial charge in [0.15, 0.2) is 11.4 Å². The number of nitrogen functional groups attached to an aromatic ring is 1. The van der Waals surface area contributed by atoms with Crippen molar-refractivity contribution >= 4 is 45.9 Å². The molecule has 7 nitrogen and oxygen atoms in total. The highest BCUT2D eigenvalue weighted by atomic mass is 35.5. The minimum absolute atomic E-state index is 0.0256. The minimum atomic E-state index is -0.738. The molecule has 3 heterocycles. The van der Waals surface area contributed by atoms with Crippen LogP contribution in [0.5, 0.6) is 5.75 Å². The van der Waals surface area contributed by atoms with Crippen molar-refractivity contribution in [2.24, 2.45) is 0 Å². The number of pyridine rings is 1. The number of fused-ring (bicyclic) bond motifs is 1. The van der Waals surface area contributed by atoms with Gasteiger partial charge < -0.3 is 24.7 Å². The molecule has 1 saturated heterocycles. The molecule has 38 heavy (non-hydrogen) atoms. The smallest absolute Gasteiger partial charge is 0.253 e. The van der Waals surface area contributed by atoms with Crippen LogP contribution in [0, 0.1) is 5.82 Å². The number of amides is 1. The first-order valence-corrected chi connectivity index (χ1v) is 13.0. The molecule has 1 amide bonds. The fourth-order valence-corrected chi connectivity index (χ4v) is 5.37. The first kappa shape index (κ1) is 26.3. The molecular formula is C28H27Cl2FN4O3. The molecule has 0 radical (unpaired) electrons. The Kier molecular flexibility index (Phi) is 7.47. The number of likely N-dealkylation sites (N-methyl/N-ethyl adjacent to an activating group) is 1. The topological polar surface area (TPSA) is 84.8 Å². The van der Waals surface area contributed by atoms with Gasteiger partial charge in [-0.05, 0) is 56.8 Å². The van der Waals surface area contributed by atoms with Crippen LogP contribution in [0.3, 0.4) is 0 Å². The average Bonchev–Trinajstić information content (AvgIpc) is 3.22. The van der Waals surface area contributed by atoms with Crippen molar-refractivity contribution in [3.8, 4) is 16.9 Å². The Labute approximate surface area is 229 Å². The molecule has 2 aromatic carbocycles. The van der Waals surface area contributed by atoms with Crippen molar-refractivity contribution in [3.63, 3.8) is 0 Å². The average molecular weight is 557 g/mol. The van der Waals surface area contributed by atoms with Crippen molar-refractivity contribution in [2.75, 3.05) is 39.0 Å². The second-order valence-electron chi connectivity index (χ2n) is 9.41. The maximum atomic E-state index is 14.1. The summed E-state index contributed by atoms with van der Waals surface area (Å²) in [5, 5.41) is 0.822. The van der Waals surface area contributed by atoms with Crippen LogP contribution in [-0.2, 0) is 0 Å². The van der Waals surface area contributed by atoms with Crippen molar-refractivity contribution < 1.29 is 18.3 Å². The quantitative estimate of drug-likeness (QED) is 0.285. The van der Waals surface area contributed by atoms with E-state index in [2.05, 4.69) is 16.9 Å². The second-order valence-corrected chi connectivity index (χ2v) is 10.2. The molecule has 1 fully saturated rings. The Hall–Kier alpha value is -3.33. The van der Waals surface area contributed by atoms with Crippen molar-refractivity contribution in [2.45, 2.75) is 19.4 Å². The summed E-state index contributed by atoms with van der Waals surface area (Å²) in [5.74, 6) is -0.262. The fraction of sp³-hybridized carbons (Fsp3) is 0.286. The molecule has 0 aliphatic carbocycles. The Balaban J connectivity index is 1.42. The lowest BCUT2D eigenvalue weighted by Crippen LogP contribution is -2.34. The van der Waals surface area contributed by atoms with Crippen LogP contribution < -0.4 is 10.5 Å². The monoisotopic (exact) mass is 556 g/mol. The van der Waals surface area contributed by atoms with E-state index in [1.807, 2.05) is 29.2 Å². The number of rotatable bonds is 5. The number of furan rings is 1. The summed E-state index contributed by atoms with van der Waals surface area (Å²) in [6.45, 7) is 5.00. The fourth-order valence-electron chi connectivity index (χ4n) is 4.69. The highest BCUT2D eigenvalue weighted by Gasteiger charge is 2.24. The first-order valence-electron chi connectivity index (χ1n) is 12.3. The standard InChI is InChI=1S/C28H27Cl2FN4O3/c1-16(23-21(29)8-9-22(31)24(23)30)38-26-25-19(14-33-27(26)32)20(15-37-25)17-4-6-18(7-5-17)28(36)35-11-3-10-34(2)12-13-35/h4-9,14-16H,3,10-13H2,1-2H3,(H2,32,33). The van der Waals surface area contributed by atoms with Crippen LogP contribution in [0.25, 0.3) is 22.1 Å². The van der Waals surface area contributed by atoms with Gasteiger partial charge in [0.1, 0.15) is 11.9 Å². The zero-order valence-electron chi connectivity index (χ0n) is 21.0. The normalized spacial score (nSPS) is 15.4. The van der Waals surface area contributed by atoms with E-state index in [1.165, 1.54) is 12.1 Å². The maximum Gasteiger partial charge on any atom is 0.253 e. The molecule has 0 bridgehead atoms. The van der Waals surface area contributed by atoms with Crippen molar-refractivity contribution in [3.05, 3.63) is 75.8 Å². The summed E-state index contributed by atoms with van der Waals surface area (Å²) in [5.41, 5.74) is 9.06. The lowest BCUT2D eigenvalue weighted by molar-refractivity contribution is 0.0763. The Bertz CT molecular complexity index is 1490. The third-order valence-electron chi connectivity index (χ3n) is 6.83. The summed E-state index contributed by atoms with van der Waals surface area (Å²) < 4.78 is 26.0. The first-order chi connectivity index (χ1) is 18.2. The summed E-state index contributed by atoms with van der Waals surface area (Å²) in [6.07, 6.45) is 3.42. The van der Waals surface area contributed by atoms with Gasteiger partial charge in [-0.25, -0.2) is 9.37 Å². The van der Waals surface area contributed by atoms with Gasteiger partial charge in [0.25, 0.3) is 5.91 Å². The molecule has 2 N–H and O–H groups in total. The molecule has 0 spiro atoms. The number of nitrogens with two attached hydrogens (primary N) is 1. The highest BCUT2D eigenvalue weighted by molar-refractivity contribution is 6.36. The van der Waals surface area contributed by atoms with E-state index in [0.717, 1.165) is 37.2 Å². The predicted molar refractivity (Wildman–Crippen MR) is 147 cm³/mol. The third kappa shape index (κ3) is 5.04. The van der Waals surface area contributed by atoms with Crippen LogP contribution in [0.4, 0.5) is 10.2 Å². The van der Waals surface area contributed by atoms with Gasteiger partial charge in [0.05, 0.1) is 16.7 Å². The Morgan fingerprint density at radius 2 is 1.89 bits per heavy atom. The summed E-state index contributed by atoms with van der Waals surface area (Å²) >= 11 is 12.4. The number of nitrogens with zero attached hydrogens (tertiary/aromatic N) is 3. The molecule has 1 unspecified atom stereocenters. The van der Waals surface area contributed by atoms with Crippen molar-refractivity contribution in [1.29, 1.82) is 0 Å². The SMILES string of the molecule is CC(Oc1c(N)ncc2c(-c3ccc(C(=O)N4CCCN(C)CC4)cc3)coc12)c1c(Cl)ccc(F)c1Cl. The number of aromatic nitrogens is 1. The lowest BCUT2D eigenvalue weighted by Gasteiger charge is -2.20. The molecule has 1 atom stereocenters. The van der Waals surface area contributed by atoms with Gasteiger partial charge in [0, 0.05) is 47.5 Å². The predicted octanol–water partition coefficient (Wildman–Crippen LogP) is 6.44. The van der Waals surface area contributed by atoms with E-state index in [4.69, 9.17) is 38.1 Å². The van der Waals surface area contributed by atoms with Gasteiger partial charge in [-0.3, -0.25) is 4.79 Å². The number of carbonyl (C=O) groups excluding carboxylic acids is 1. The van der Waals surface area contributed by atoms with Crippen molar-refractivity contribution in [1.82, 2.24) is 14.8 Å². The van der Waals surface area contributed by atoms with E-state index >= 15 is 0 Å². The van der Waals surface area contributed by atoms with E-state index < -0.39 is 11.9 Å². The zero-order chi connectivity index (χ0) is 27.0. The van der Waals surface area contributed by atoms with Crippen LogP contribution in [-0.4, -0.2) is 53.9 Å². The van der Waals surface area contributed by atoms with E-state index in [-0.39, 0.29) is 27.5 Å². The van der Waals surface area contributed by atoms with Crippen LogP contribution in [0.1, 0.15) is 35.4 Å². The summed E-state index contributed by atoms with van der Waals surface area (Å²) in [4.78, 5) is 21.5. The summed E-state index contributed by atoms with van der Waals surface area (Å²) in [7, 11) is 2.07. The van der Waals surface area contributed by atoms with E-state index in [9.17, 15) is 9.18 Å². The Morgan fingerprint density at radius 1 is 1.13 bits per heavy atom. The number of anilines is 1. The van der Waals surface area contributed by atoms with E-state index in [1.54, 1.807) is 19.4 Å². The van der Waals surface area contributed by atoms with Gasteiger partial charge in [-0.1, -0.05) is 35.3 Å². The number of halogens is 3. The third-order valence-corrected chi connectivity index (χ3v) is 7.54. The van der Waals surface area contributed by atoms with Crippen LogP contribution in [0.15, 0.2) is 53.3 Å². The molecule has 5 rings (SSSR count). The van der Waals surface area contributed by atoms with Gasteiger partial charge in [-0.2, -0.15) is 0 Å². The van der Waals surface area contributed by atoms with Gasteiger partial charge in [0.2, 0.25) is 5.75 Å². The molecule has 0 saturated carbocycles. The second kappa shape index (κ2) is 10.8. The molecule has 198 valence electrons. The summed E-state index contributed by atoms with van der Waals surface area (Å²) in [6, 6.07) is 10.0. The molecule has 2 aromatic heterocycles. The number of carbonyl (C=O) groups is 1. The molecule has 1 aliphatic rings. The molecular weight excluding hydrogens is 530 g/mol. The number of hydrogen-bond donors (Lipinski definition) is 1. The number of benzene rings is 2. The molecule has 10 heteroatoms. The molecule has 1 aliphatic heterocycles. The van der Waals surface area contributed by atoms with E-state index in [0.29, 0.717) is 28.6 Å². The highest BCUT2D eigenvalue weighted by Crippen LogP contribution is 2.41. The van der Waals surface area contributed by atoms with Gasteiger partial charge >= 0.3 is 0 Å². The number of hydrogen-bond acceptors (Lipinski definition) is 6. The van der Waals surface area contributed by atoms with Crippen LogP contribution in [0.2, 0.25) is 10.0 Å². The largest absolute Gasteiger partial charge is 0.478 e. The lowest BCUT2D eigenvalue weighted by atomic mass is 10.0. The minimum Gasteiger partial charge on any atom is -0.478 e. The molecule has 4 aromatic rings. The van der Waals surface area contributed by atoms with Gasteiger partial charge in [-0.15, -0.1) is 0 Å². The Morgan fingerprint density at radius 3 is 2.66 bits per heavy atom. The maximum absolute atomic E-state index is 14.1. The van der Waals surface area contributed by atoms with Crippen LogP contribution >= 0.6 is 23.2 Å². The number of ether oxygens (including phenoxy) is 1.